The molecule has 132 valence electrons. The molecule has 0 spiro atoms. The first-order valence-electron chi connectivity index (χ1n) is 9.18. The standard InChI is InChI=1S/C20H26N4O/c1-14-4-3-5-19(15(14)2)23-6-8-24(9-7-23)20-12-18(21-13-22-20)16-10-17(25)11-16/h3-5,12-13,16-17,25H,6-11H2,1-2H3. The average molecular weight is 338 g/mol. The van der Waals surface area contributed by atoms with Crippen LogP contribution in [0.15, 0.2) is 30.6 Å². The highest BCUT2D eigenvalue weighted by Crippen LogP contribution is 2.36. The third-order valence-electron chi connectivity index (χ3n) is 5.73. The summed E-state index contributed by atoms with van der Waals surface area (Å²) in [5.41, 5.74) is 5.16. The zero-order chi connectivity index (χ0) is 17.4. The summed E-state index contributed by atoms with van der Waals surface area (Å²) in [4.78, 5) is 13.7. The van der Waals surface area contributed by atoms with Crippen LogP contribution in [0.2, 0.25) is 0 Å². The Balaban J connectivity index is 1.43. The molecule has 0 radical (unpaired) electrons. The number of anilines is 2. The number of rotatable bonds is 3. The molecule has 2 aliphatic rings. The van der Waals surface area contributed by atoms with Gasteiger partial charge in [-0.1, -0.05) is 12.1 Å². The number of hydrogen-bond donors (Lipinski definition) is 1. The molecule has 1 aliphatic heterocycles. The summed E-state index contributed by atoms with van der Waals surface area (Å²) in [5.74, 6) is 1.42. The van der Waals surface area contributed by atoms with Gasteiger partial charge in [0.25, 0.3) is 0 Å². The van der Waals surface area contributed by atoms with E-state index in [2.05, 4.69) is 57.9 Å². The highest BCUT2D eigenvalue weighted by Gasteiger charge is 2.30. The van der Waals surface area contributed by atoms with Gasteiger partial charge in [0.15, 0.2) is 0 Å². The molecule has 25 heavy (non-hydrogen) atoms. The van der Waals surface area contributed by atoms with Gasteiger partial charge in [0.2, 0.25) is 0 Å². The second kappa shape index (κ2) is 6.64. The van der Waals surface area contributed by atoms with Gasteiger partial charge in [0, 0.05) is 49.5 Å². The molecule has 1 aliphatic carbocycles. The number of aromatic nitrogens is 2. The summed E-state index contributed by atoms with van der Waals surface area (Å²) in [6, 6.07) is 8.66. The Morgan fingerprint density at radius 1 is 1.00 bits per heavy atom. The van der Waals surface area contributed by atoms with E-state index in [1.54, 1.807) is 6.33 Å². The van der Waals surface area contributed by atoms with Crippen LogP contribution < -0.4 is 9.80 Å². The van der Waals surface area contributed by atoms with Crippen LogP contribution in [0.5, 0.6) is 0 Å². The number of hydrogen-bond acceptors (Lipinski definition) is 5. The molecule has 2 heterocycles. The van der Waals surface area contributed by atoms with Crippen LogP contribution in [0.1, 0.15) is 35.6 Å². The summed E-state index contributed by atoms with van der Waals surface area (Å²) < 4.78 is 0. The SMILES string of the molecule is Cc1cccc(N2CCN(c3cc(C4CC(O)C4)ncn3)CC2)c1C. The van der Waals surface area contributed by atoms with Gasteiger partial charge < -0.3 is 14.9 Å². The quantitative estimate of drug-likeness (QED) is 0.932. The van der Waals surface area contributed by atoms with Crippen LogP contribution in [0.3, 0.4) is 0 Å². The van der Waals surface area contributed by atoms with Gasteiger partial charge in [0.05, 0.1) is 6.10 Å². The summed E-state index contributed by atoms with van der Waals surface area (Å²) in [5, 5.41) is 9.52. The molecule has 0 bridgehead atoms. The Hall–Kier alpha value is -2.14. The van der Waals surface area contributed by atoms with Crippen LogP contribution in [-0.2, 0) is 0 Å². The molecule has 0 atom stereocenters. The first-order chi connectivity index (χ1) is 12.1. The van der Waals surface area contributed by atoms with Crippen molar-refractivity contribution in [3.63, 3.8) is 0 Å². The molecule has 1 aromatic carbocycles. The van der Waals surface area contributed by atoms with E-state index in [0.29, 0.717) is 5.92 Å². The lowest BCUT2D eigenvalue weighted by molar-refractivity contribution is 0.0732. The molecule has 5 heteroatoms. The molecule has 1 aromatic heterocycles. The average Bonchev–Trinajstić information content (AvgIpc) is 2.62. The van der Waals surface area contributed by atoms with Gasteiger partial charge in [-0.15, -0.1) is 0 Å². The van der Waals surface area contributed by atoms with Crippen LogP contribution in [-0.4, -0.2) is 47.4 Å². The van der Waals surface area contributed by atoms with E-state index < -0.39 is 0 Å². The van der Waals surface area contributed by atoms with E-state index in [1.165, 1.54) is 16.8 Å². The van der Waals surface area contributed by atoms with E-state index in [-0.39, 0.29) is 6.10 Å². The normalized spacial score (nSPS) is 23.5. The van der Waals surface area contributed by atoms with Gasteiger partial charge in [-0.2, -0.15) is 0 Å². The summed E-state index contributed by atoms with van der Waals surface area (Å²) in [6.07, 6.45) is 3.18. The lowest BCUT2D eigenvalue weighted by atomic mass is 9.80. The third-order valence-corrected chi connectivity index (χ3v) is 5.73. The van der Waals surface area contributed by atoms with Crippen LogP contribution >= 0.6 is 0 Å². The van der Waals surface area contributed by atoms with Crippen molar-refractivity contribution in [1.82, 2.24) is 9.97 Å². The number of aryl methyl sites for hydroxylation is 1. The predicted octanol–water partition coefficient (Wildman–Crippen LogP) is 2.66. The van der Waals surface area contributed by atoms with E-state index in [4.69, 9.17) is 0 Å². The van der Waals surface area contributed by atoms with Crippen molar-refractivity contribution >= 4 is 11.5 Å². The highest BCUT2D eigenvalue weighted by atomic mass is 16.3. The molecule has 5 nitrogen and oxygen atoms in total. The Kier molecular flexibility index (Phi) is 4.34. The number of aliphatic hydroxyl groups is 1. The van der Waals surface area contributed by atoms with Gasteiger partial charge >= 0.3 is 0 Å². The van der Waals surface area contributed by atoms with Crippen molar-refractivity contribution in [3.05, 3.63) is 47.4 Å². The maximum atomic E-state index is 9.52. The van der Waals surface area contributed by atoms with Crippen molar-refractivity contribution in [2.24, 2.45) is 0 Å². The number of aliphatic hydroxyl groups excluding tert-OH is 1. The molecular weight excluding hydrogens is 312 g/mol. The minimum atomic E-state index is -0.149. The summed E-state index contributed by atoms with van der Waals surface area (Å²) in [7, 11) is 0. The molecule has 4 rings (SSSR count). The van der Waals surface area contributed by atoms with Crippen molar-refractivity contribution in [2.75, 3.05) is 36.0 Å². The second-order valence-corrected chi connectivity index (χ2v) is 7.32. The Morgan fingerprint density at radius 3 is 2.44 bits per heavy atom. The number of benzene rings is 1. The topological polar surface area (TPSA) is 52.5 Å². The van der Waals surface area contributed by atoms with Crippen LogP contribution in [0.25, 0.3) is 0 Å². The van der Waals surface area contributed by atoms with Gasteiger partial charge in [-0.05, 0) is 43.9 Å². The fourth-order valence-corrected chi connectivity index (χ4v) is 3.84. The summed E-state index contributed by atoms with van der Waals surface area (Å²) >= 11 is 0. The van der Waals surface area contributed by atoms with Crippen LogP contribution in [0, 0.1) is 13.8 Å². The van der Waals surface area contributed by atoms with Gasteiger partial charge in [-0.25, -0.2) is 9.97 Å². The fraction of sp³-hybridized carbons (Fsp3) is 0.500. The van der Waals surface area contributed by atoms with Crippen LogP contribution in [0.4, 0.5) is 11.5 Å². The highest BCUT2D eigenvalue weighted by molar-refractivity contribution is 5.57. The number of piperazine rings is 1. The molecule has 1 N–H and O–H groups in total. The van der Waals surface area contributed by atoms with E-state index in [0.717, 1.165) is 50.5 Å². The molecule has 2 aromatic rings. The summed E-state index contributed by atoms with van der Waals surface area (Å²) in [6.45, 7) is 8.33. The van der Waals surface area contributed by atoms with Crippen molar-refractivity contribution in [1.29, 1.82) is 0 Å². The monoisotopic (exact) mass is 338 g/mol. The molecular formula is C20H26N4O. The maximum Gasteiger partial charge on any atom is 0.132 e. The van der Waals surface area contributed by atoms with Crippen molar-refractivity contribution < 1.29 is 5.11 Å². The first kappa shape index (κ1) is 16.3. The minimum Gasteiger partial charge on any atom is -0.393 e. The van der Waals surface area contributed by atoms with Crippen molar-refractivity contribution in [3.8, 4) is 0 Å². The fourth-order valence-electron chi connectivity index (χ4n) is 3.84. The predicted molar refractivity (Wildman–Crippen MR) is 100 cm³/mol. The molecule has 0 amide bonds. The van der Waals surface area contributed by atoms with E-state index >= 15 is 0 Å². The van der Waals surface area contributed by atoms with E-state index in [1.807, 2.05) is 0 Å². The zero-order valence-electron chi connectivity index (χ0n) is 15.0. The largest absolute Gasteiger partial charge is 0.393 e. The Morgan fingerprint density at radius 2 is 1.72 bits per heavy atom. The van der Waals surface area contributed by atoms with Gasteiger partial charge in [-0.3, -0.25) is 0 Å². The van der Waals surface area contributed by atoms with Crippen molar-refractivity contribution in [2.45, 2.75) is 38.7 Å². The molecule has 0 unspecified atom stereocenters. The maximum absolute atomic E-state index is 9.52. The Labute approximate surface area is 149 Å². The minimum absolute atomic E-state index is 0.149. The lowest BCUT2D eigenvalue weighted by Gasteiger charge is -2.38. The molecule has 1 saturated heterocycles. The molecule has 1 saturated carbocycles. The molecule has 2 fully saturated rings. The van der Waals surface area contributed by atoms with E-state index in [9.17, 15) is 5.11 Å². The third kappa shape index (κ3) is 3.21. The smallest absolute Gasteiger partial charge is 0.132 e. The lowest BCUT2D eigenvalue weighted by Crippen LogP contribution is -2.47. The number of nitrogens with zero attached hydrogens (tertiary/aromatic N) is 4. The Bertz CT molecular complexity index is 749. The second-order valence-electron chi connectivity index (χ2n) is 7.32. The van der Waals surface area contributed by atoms with Gasteiger partial charge in [0.1, 0.15) is 12.1 Å². The first-order valence-corrected chi connectivity index (χ1v) is 9.18. The zero-order valence-corrected chi connectivity index (χ0v) is 15.0.